The van der Waals surface area contributed by atoms with E-state index in [1.165, 1.54) is 0 Å². The maximum absolute atomic E-state index is 12.2. The monoisotopic (exact) mass is 393 g/mol. The number of ether oxygens (including phenoxy) is 2. The van der Waals surface area contributed by atoms with Crippen LogP contribution in [0.15, 0.2) is 0 Å². The lowest BCUT2D eigenvalue weighted by Gasteiger charge is -2.35. The van der Waals surface area contributed by atoms with Crippen molar-refractivity contribution >= 4 is 24.6 Å². The summed E-state index contributed by atoms with van der Waals surface area (Å²) in [4.78, 5) is 29.9. The fourth-order valence-corrected chi connectivity index (χ4v) is 2.61. The van der Waals surface area contributed by atoms with Crippen molar-refractivity contribution in [1.82, 2.24) is 14.7 Å². The Bertz CT molecular complexity index is 413. The number of halogens is 1. The van der Waals surface area contributed by atoms with Gasteiger partial charge in [0.1, 0.15) is 0 Å². The average Bonchev–Trinajstić information content (AvgIpc) is 2.54. The van der Waals surface area contributed by atoms with E-state index < -0.39 is 0 Å². The molecule has 2 amide bonds. The van der Waals surface area contributed by atoms with Crippen molar-refractivity contribution in [1.29, 1.82) is 0 Å². The highest BCUT2D eigenvalue weighted by Gasteiger charge is 2.24. The normalized spacial score (nSPS) is 15.0. The van der Waals surface area contributed by atoms with Gasteiger partial charge in [-0.2, -0.15) is 0 Å². The molecule has 0 N–H and O–H groups in total. The molecule has 1 heterocycles. The minimum Gasteiger partial charge on any atom is -0.447 e. The van der Waals surface area contributed by atoms with E-state index in [1.807, 2.05) is 27.7 Å². The molecule has 7 nitrogen and oxygen atoms in total. The quantitative estimate of drug-likeness (QED) is 0.633. The zero-order valence-corrected chi connectivity index (χ0v) is 17.7. The molecule has 0 aliphatic carbocycles. The van der Waals surface area contributed by atoms with Crippen molar-refractivity contribution in [2.75, 3.05) is 45.8 Å². The lowest BCUT2D eigenvalue weighted by Crippen LogP contribution is -2.51. The van der Waals surface area contributed by atoms with Crippen LogP contribution in [0.5, 0.6) is 0 Å². The van der Waals surface area contributed by atoms with Gasteiger partial charge in [0.2, 0.25) is 0 Å². The molecular formula is C18H36ClN3O4. The van der Waals surface area contributed by atoms with E-state index in [-0.39, 0.29) is 36.8 Å². The SMILES string of the molecule is CCCCN(CCN1CCN(C(=O)OC(C)C)CC1)C(=O)OC(C)C.Cl. The van der Waals surface area contributed by atoms with Gasteiger partial charge in [-0.25, -0.2) is 9.59 Å². The molecular weight excluding hydrogens is 358 g/mol. The van der Waals surface area contributed by atoms with Gasteiger partial charge in [-0.15, -0.1) is 12.4 Å². The minimum absolute atomic E-state index is 0. The Balaban J connectivity index is 0.00000625. The molecule has 0 aromatic heterocycles. The smallest absolute Gasteiger partial charge is 0.410 e. The molecule has 1 aliphatic heterocycles. The van der Waals surface area contributed by atoms with E-state index in [9.17, 15) is 9.59 Å². The third kappa shape index (κ3) is 9.48. The molecule has 0 aromatic carbocycles. The highest BCUT2D eigenvalue weighted by Crippen LogP contribution is 2.07. The summed E-state index contributed by atoms with van der Waals surface area (Å²) in [6, 6.07) is 0. The van der Waals surface area contributed by atoms with Gasteiger partial charge in [-0.05, 0) is 34.1 Å². The van der Waals surface area contributed by atoms with Gasteiger partial charge in [0.05, 0.1) is 12.2 Å². The van der Waals surface area contributed by atoms with Gasteiger partial charge in [-0.1, -0.05) is 13.3 Å². The molecule has 1 saturated heterocycles. The number of unbranched alkanes of at least 4 members (excludes halogenated alkanes) is 1. The first-order chi connectivity index (χ1) is 11.8. The molecule has 8 heteroatoms. The summed E-state index contributed by atoms with van der Waals surface area (Å²) in [6.45, 7) is 14.7. The summed E-state index contributed by atoms with van der Waals surface area (Å²) in [6.07, 6.45) is 1.35. The van der Waals surface area contributed by atoms with E-state index in [0.29, 0.717) is 19.6 Å². The molecule has 0 unspecified atom stereocenters. The van der Waals surface area contributed by atoms with Crippen LogP contribution in [0.25, 0.3) is 0 Å². The molecule has 0 atom stereocenters. The number of carbonyl (C=O) groups excluding carboxylic acids is 2. The fraction of sp³-hybridized carbons (Fsp3) is 0.889. The number of carbonyl (C=O) groups is 2. The second-order valence-corrected chi connectivity index (χ2v) is 7.03. The first kappa shape index (κ1) is 24.8. The number of amides is 2. The van der Waals surface area contributed by atoms with Crippen LogP contribution in [0.4, 0.5) is 9.59 Å². The van der Waals surface area contributed by atoms with Gasteiger partial charge < -0.3 is 19.3 Å². The van der Waals surface area contributed by atoms with Gasteiger partial charge in [0.15, 0.2) is 0 Å². The summed E-state index contributed by atoms with van der Waals surface area (Å²) in [5, 5.41) is 0. The maximum atomic E-state index is 12.2. The van der Waals surface area contributed by atoms with Crippen molar-refractivity contribution in [2.45, 2.75) is 59.7 Å². The maximum Gasteiger partial charge on any atom is 0.410 e. The molecule has 154 valence electrons. The second kappa shape index (κ2) is 13.0. The third-order valence-electron chi connectivity index (χ3n) is 4.03. The largest absolute Gasteiger partial charge is 0.447 e. The summed E-state index contributed by atoms with van der Waals surface area (Å²) in [7, 11) is 0. The predicted molar refractivity (Wildman–Crippen MR) is 105 cm³/mol. The van der Waals surface area contributed by atoms with Crippen molar-refractivity contribution in [3.63, 3.8) is 0 Å². The fourth-order valence-electron chi connectivity index (χ4n) is 2.61. The topological polar surface area (TPSA) is 62.3 Å². The lowest BCUT2D eigenvalue weighted by atomic mass is 10.3. The van der Waals surface area contributed by atoms with Crippen LogP contribution in [0.3, 0.4) is 0 Å². The van der Waals surface area contributed by atoms with Crippen molar-refractivity contribution in [3.05, 3.63) is 0 Å². The molecule has 0 aromatic rings. The van der Waals surface area contributed by atoms with Crippen LogP contribution in [0.2, 0.25) is 0 Å². The molecule has 0 radical (unpaired) electrons. The second-order valence-electron chi connectivity index (χ2n) is 7.03. The Kier molecular flexibility index (Phi) is 12.4. The van der Waals surface area contributed by atoms with Crippen LogP contribution < -0.4 is 0 Å². The average molecular weight is 394 g/mol. The Labute approximate surface area is 164 Å². The van der Waals surface area contributed by atoms with E-state index in [0.717, 1.165) is 39.0 Å². The van der Waals surface area contributed by atoms with Crippen LogP contribution in [0.1, 0.15) is 47.5 Å². The zero-order chi connectivity index (χ0) is 18.8. The number of rotatable bonds is 8. The highest BCUT2D eigenvalue weighted by atomic mass is 35.5. The summed E-state index contributed by atoms with van der Waals surface area (Å²) >= 11 is 0. The Morgan fingerprint density at radius 2 is 1.54 bits per heavy atom. The lowest BCUT2D eigenvalue weighted by molar-refractivity contribution is 0.0519. The molecule has 0 saturated carbocycles. The summed E-state index contributed by atoms with van der Waals surface area (Å²) < 4.78 is 10.6. The summed E-state index contributed by atoms with van der Waals surface area (Å²) in [5.74, 6) is 0. The van der Waals surface area contributed by atoms with E-state index in [2.05, 4.69) is 11.8 Å². The minimum atomic E-state index is -0.236. The first-order valence-electron chi connectivity index (χ1n) is 9.47. The number of hydrogen-bond donors (Lipinski definition) is 0. The zero-order valence-electron chi connectivity index (χ0n) is 16.9. The molecule has 1 aliphatic rings. The van der Waals surface area contributed by atoms with Crippen LogP contribution >= 0.6 is 12.4 Å². The number of nitrogens with zero attached hydrogens (tertiary/aromatic N) is 3. The van der Waals surface area contributed by atoms with Gasteiger partial charge in [0.25, 0.3) is 0 Å². The van der Waals surface area contributed by atoms with Crippen LogP contribution in [-0.4, -0.2) is 84.9 Å². The highest BCUT2D eigenvalue weighted by molar-refractivity contribution is 5.85. The molecule has 0 bridgehead atoms. The third-order valence-corrected chi connectivity index (χ3v) is 4.03. The first-order valence-corrected chi connectivity index (χ1v) is 9.47. The Hall–Kier alpha value is -1.21. The molecule has 1 fully saturated rings. The number of hydrogen-bond acceptors (Lipinski definition) is 5. The van der Waals surface area contributed by atoms with E-state index in [1.54, 1.807) is 9.80 Å². The Morgan fingerprint density at radius 3 is 2.04 bits per heavy atom. The van der Waals surface area contributed by atoms with Gasteiger partial charge in [-0.3, -0.25) is 4.90 Å². The van der Waals surface area contributed by atoms with Crippen molar-refractivity contribution < 1.29 is 19.1 Å². The summed E-state index contributed by atoms with van der Waals surface area (Å²) in [5.41, 5.74) is 0. The van der Waals surface area contributed by atoms with Gasteiger partial charge in [0, 0.05) is 45.8 Å². The predicted octanol–water partition coefficient (Wildman–Crippen LogP) is 3.22. The number of piperazine rings is 1. The van der Waals surface area contributed by atoms with Gasteiger partial charge >= 0.3 is 12.2 Å². The van der Waals surface area contributed by atoms with E-state index in [4.69, 9.17) is 9.47 Å². The molecule has 1 rings (SSSR count). The standard InChI is InChI=1S/C18H35N3O4.ClH/c1-6-7-8-20(17(22)24-15(2)3)12-9-19-10-13-21(14-11-19)18(23)25-16(4)5;/h15-16H,6-14H2,1-5H3;1H. The molecule has 0 spiro atoms. The van der Waals surface area contributed by atoms with Crippen molar-refractivity contribution in [2.24, 2.45) is 0 Å². The Morgan fingerprint density at radius 1 is 0.962 bits per heavy atom. The van der Waals surface area contributed by atoms with Crippen LogP contribution in [0, 0.1) is 0 Å². The molecule has 26 heavy (non-hydrogen) atoms. The van der Waals surface area contributed by atoms with Crippen LogP contribution in [-0.2, 0) is 9.47 Å². The van der Waals surface area contributed by atoms with E-state index >= 15 is 0 Å². The van der Waals surface area contributed by atoms with Crippen molar-refractivity contribution in [3.8, 4) is 0 Å².